The molecule has 0 fully saturated rings. The predicted octanol–water partition coefficient (Wildman–Crippen LogP) is 25.3. The van der Waals surface area contributed by atoms with E-state index in [1.807, 2.05) is 54.5 Å². The van der Waals surface area contributed by atoms with E-state index in [2.05, 4.69) is 13.2 Å². The number of hydrogen-bond acceptors (Lipinski definition) is 10. The van der Waals surface area contributed by atoms with Crippen molar-refractivity contribution < 1.29 is 88.1 Å². The first-order chi connectivity index (χ1) is 60.9. The van der Waals surface area contributed by atoms with Crippen LogP contribution in [0.25, 0.3) is 0 Å². The summed E-state index contributed by atoms with van der Waals surface area (Å²) >= 11 is 0. The summed E-state index contributed by atoms with van der Waals surface area (Å²) in [6.45, 7) is 4.56. The summed E-state index contributed by atoms with van der Waals surface area (Å²) < 4.78 is 208. The molecule has 0 radical (unpaired) electrons. The second kappa shape index (κ2) is 39.7. The molecular weight excluding hydrogens is 1300 g/mol. The lowest BCUT2D eigenvalue weighted by Crippen LogP contribution is -2.17. The Hall–Kier alpha value is -8.50. The minimum Gasteiger partial charge on any atom is -0.507 e. The standard InChI is InChI=1S/5C19H26O2/c5*1-5-6-14-10-17(20)19(18(21)11-14)16-9-13(4)7-8-15(16)12(2)3/h5*9-11,15-16,20-21H,2,5-8H2,1,3-4H3/i2D2,3D3,4D3;3D3,4D3;2D2,4D3;2D2,3D3;4D3. The van der Waals surface area contributed by atoms with Gasteiger partial charge in [0.2, 0.25) is 0 Å². The third-order valence-electron chi connectivity index (χ3n) is 20.6. The van der Waals surface area contributed by atoms with Gasteiger partial charge in [-0.2, -0.15) is 0 Å². The Morgan fingerprint density at radius 1 is 0.314 bits per heavy atom. The van der Waals surface area contributed by atoms with Crippen molar-refractivity contribution in [2.24, 2.45) is 29.6 Å². The van der Waals surface area contributed by atoms with E-state index in [0.29, 0.717) is 92.1 Å². The SMILES string of the molecule is [2H]C([2H])([2H])C(=C)C1CCC(C([2H])([2H])[2H])=CC1c1c(O)cc(CCC)cc1O.[2H]C([2H])([2H])C1=CC(c2c(O)cc(CCC)cc2O)C(C(=C)C)CC1.[2H]C([2H])=C(C)C1CCC(C([2H])([2H])[2H])=CC1c1c(O)cc(CCC)cc1O.[2H]C([2H])=C(C1CCC(C([2H])([2H])[2H])=CC1c1c(O)cc(CCC)cc1O)C([2H])([2H])[2H].[2H]C([2H])=C(C1CCC(C)=CC1c1c(O)cc(CCC)cc1O)C([2H])([2H])[2H]. The average Bonchev–Trinajstić information content (AvgIpc) is 0.808. The molecule has 0 aromatic heterocycles. The molecule has 10 rings (SSSR count). The van der Waals surface area contributed by atoms with Gasteiger partial charge in [-0.25, -0.2) is 0 Å². The van der Waals surface area contributed by atoms with Crippen molar-refractivity contribution in [2.45, 2.75) is 261 Å². The van der Waals surface area contributed by atoms with Crippen LogP contribution >= 0.6 is 0 Å². The summed E-state index contributed by atoms with van der Waals surface area (Å²) in [4.78, 5) is 0. The zero-order valence-corrected chi connectivity index (χ0v) is 62.5. The first-order valence-electron chi connectivity index (χ1n) is 50.5. The van der Waals surface area contributed by atoms with Crippen molar-refractivity contribution in [3.05, 3.63) is 235 Å². The minimum absolute atomic E-state index is 0.00442. The normalized spacial score (nSPS) is 26.4. The Kier molecular flexibility index (Phi) is 20.2. The Balaban J connectivity index is 0.000000254. The molecular formula is C95H130O10. The molecule has 0 bridgehead atoms. The summed E-state index contributed by atoms with van der Waals surface area (Å²) in [6, 6.07) is 15.8. The van der Waals surface area contributed by atoms with Crippen LogP contribution in [0.15, 0.2) is 180 Å². The molecule has 0 amide bonds. The molecule has 5 aromatic carbocycles. The van der Waals surface area contributed by atoms with E-state index >= 15 is 0 Å². The Morgan fingerprint density at radius 2 is 0.505 bits per heavy atom. The number of allylic oxidation sites excluding steroid dienone is 15. The number of aromatic hydroxyl groups is 10. The fourth-order valence-corrected chi connectivity index (χ4v) is 15.5. The van der Waals surface area contributed by atoms with Crippen LogP contribution in [0.2, 0.25) is 0 Å². The zero-order valence-electron chi connectivity index (χ0n) is 89.5. The molecule has 10 heteroatoms. The fraction of sp³-hybridized carbons (Fsp3) is 0.474. The first kappa shape index (κ1) is 53.3. The van der Waals surface area contributed by atoms with Crippen LogP contribution in [0.5, 0.6) is 57.5 Å². The lowest BCUT2D eigenvalue weighted by atomic mass is 9.73. The van der Waals surface area contributed by atoms with Crippen LogP contribution < -0.4 is 0 Å². The van der Waals surface area contributed by atoms with Crippen molar-refractivity contribution in [1.29, 1.82) is 0 Å². The Bertz CT molecular complexity index is 5030. The van der Waals surface area contributed by atoms with E-state index in [9.17, 15) is 51.1 Å². The largest absolute Gasteiger partial charge is 0.507 e. The summed E-state index contributed by atoms with van der Waals surface area (Å²) in [6.07, 6.45) is 19.5. The maximum Gasteiger partial charge on any atom is 0.123 e. The minimum atomic E-state index is -2.72. The third kappa shape index (κ3) is 22.8. The molecule has 0 saturated heterocycles. The second-order valence-electron chi connectivity index (χ2n) is 29.0. The van der Waals surface area contributed by atoms with Crippen molar-refractivity contribution in [3.63, 3.8) is 0 Å². The van der Waals surface area contributed by atoms with Crippen molar-refractivity contribution in [2.75, 3.05) is 0 Å². The van der Waals surface area contributed by atoms with E-state index < -0.39 is 108 Å². The summed E-state index contributed by atoms with van der Waals surface area (Å²) in [5.41, 5.74) is 7.96. The molecule has 0 heterocycles. The van der Waals surface area contributed by atoms with Crippen LogP contribution in [0.3, 0.4) is 0 Å². The first-order valence-corrected chi connectivity index (χ1v) is 37.0. The molecule has 5 aliphatic carbocycles. The van der Waals surface area contributed by atoms with Crippen molar-refractivity contribution in [3.8, 4) is 57.5 Å². The molecule has 10 atom stereocenters. The highest BCUT2D eigenvalue weighted by atomic mass is 16.3. The van der Waals surface area contributed by atoms with Gasteiger partial charge in [-0.15, -0.1) is 0 Å². The molecule has 0 aliphatic heterocycles. The highest BCUT2D eigenvalue weighted by Crippen LogP contribution is 2.52. The van der Waals surface area contributed by atoms with Crippen LogP contribution in [0, 0.1) is 29.6 Å². The predicted molar refractivity (Wildman–Crippen MR) is 439 cm³/mol. The number of hydrogen-bond donors (Lipinski definition) is 10. The van der Waals surface area contributed by atoms with Gasteiger partial charge in [-0.1, -0.05) is 186 Å². The molecule has 570 valence electrons. The van der Waals surface area contributed by atoms with Gasteiger partial charge in [0.1, 0.15) is 57.5 Å². The number of phenolic OH excluding ortho intramolecular Hbond substituents is 10. The fourth-order valence-electron chi connectivity index (χ4n) is 15.5. The molecule has 5 aromatic rings. The average molecular weight is 1460 g/mol. The Morgan fingerprint density at radius 3 is 0.695 bits per heavy atom. The number of aryl methyl sites for hydroxylation is 5. The zero-order chi connectivity index (χ0) is 100. The van der Waals surface area contributed by atoms with Crippen LogP contribution in [0.4, 0.5) is 0 Å². The third-order valence-corrected chi connectivity index (χ3v) is 20.6. The van der Waals surface area contributed by atoms with Gasteiger partial charge in [0, 0.05) is 86.2 Å². The number of rotatable bonds is 20. The van der Waals surface area contributed by atoms with E-state index in [0.717, 1.165) is 71.9 Å². The molecule has 0 saturated carbocycles. The topological polar surface area (TPSA) is 202 Å². The summed E-state index contributed by atoms with van der Waals surface area (Å²) in [5, 5.41) is 105. The van der Waals surface area contributed by atoms with Crippen LogP contribution in [0.1, 0.15) is 322 Å². The van der Waals surface area contributed by atoms with Gasteiger partial charge in [-0.05, 0) is 283 Å². The lowest BCUT2D eigenvalue weighted by Gasteiger charge is -2.31. The van der Waals surface area contributed by atoms with Gasteiger partial charge in [0.25, 0.3) is 0 Å². The van der Waals surface area contributed by atoms with Gasteiger partial charge >= 0.3 is 0 Å². The molecule has 10 unspecified atom stereocenters. The van der Waals surface area contributed by atoms with Gasteiger partial charge in [-0.3, -0.25) is 0 Å². The monoisotopic (exact) mass is 1460 g/mol. The van der Waals surface area contributed by atoms with Crippen molar-refractivity contribution >= 4 is 0 Å². The van der Waals surface area contributed by atoms with Gasteiger partial charge in [0.05, 0.1) is 8.22 Å². The second-order valence-corrected chi connectivity index (χ2v) is 29.0. The van der Waals surface area contributed by atoms with E-state index in [4.69, 9.17) is 37.0 Å². The van der Waals surface area contributed by atoms with Crippen LogP contribution in [-0.2, 0) is 32.1 Å². The quantitative estimate of drug-likeness (QED) is 0.0334. The number of benzene rings is 5. The summed E-state index contributed by atoms with van der Waals surface area (Å²) in [7, 11) is 0. The maximum atomic E-state index is 10.6. The van der Waals surface area contributed by atoms with Gasteiger partial charge < -0.3 is 51.1 Å². The summed E-state index contributed by atoms with van der Waals surface area (Å²) in [5.74, 6) is -6.80. The van der Waals surface area contributed by atoms with E-state index in [1.54, 1.807) is 67.6 Å². The lowest BCUT2D eigenvalue weighted by molar-refractivity contribution is 0.405. The molecule has 10 N–H and O–H groups in total. The maximum absolute atomic E-state index is 10.6. The highest BCUT2D eigenvalue weighted by Gasteiger charge is 2.35. The van der Waals surface area contributed by atoms with Crippen molar-refractivity contribution in [1.82, 2.24) is 0 Å². The highest BCUT2D eigenvalue weighted by molar-refractivity contribution is 5.57. The van der Waals surface area contributed by atoms with Crippen LogP contribution in [-0.4, -0.2) is 51.1 Å². The molecule has 0 spiro atoms. The molecule has 105 heavy (non-hydrogen) atoms. The smallest absolute Gasteiger partial charge is 0.123 e. The number of phenols is 10. The molecule has 5 aliphatic rings. The Labute approximate surface area is 669 Å². The molecule has 10 nitrogen and oxygen atoms in total. The van der Waals surface area contributed by atoms with E-state index in [-0.39, 0.29) is 152 Å². The van der Waals surface area contributed by atoms with Gasteiger partial charge in [0.15, 0.2) is 0 Å². The van der Waals surface area contributed by atoms with E-state index in [1.165, 1.54) is 24.3 Å².